The number of fused-ring (bicyclic) bond motifs is 2. The van der Waals surface area contributed by atoms with Crippen LogP contribution in [0.2, 0.25) is 18.6 Å². The number of methoxy groups -OCH3 is 1. The van der Waals surface area contributed by atoms with E-state index < -0.39 is 24.7 Å². The number of amides is 2. The molecule has 1 spiro atoms. The molecule has 0 saturated carbocycles. The summed E-state index contributed by atoms with van der Waals surface area (Å²) in [6.45, 7) is 7.80. The lowest BCUT2D eigenvalue weighted by Crippen LogP contribution is -2.51. The minimum atomic E-state index is -2.52. The smallest absolute Gasteiger partial charge is 0.269 e. The normalized spacial score (nSPS) is 22.2. The summed E-state index contributed by atoms with van der Waals surface area (Å²) < 4.78 is 14.5. The van der Waals surface area contributed by atoms with Crippen molar-refractivity contribution in [3.05, 3.63) is 136 Å². The number of aromatic nitrogens is 3. The van der Waals surface area contributed by atoms with Crippen molar-refractivity contribution in [3.63, 3.8) is 0 Å². The minimum Gasteiger partial charge on any atom is -0.497 e. The number of hydrogen-bond acceptors (Lipinski definition) is 9. The van der Waals surface area contributed by atoms with Gasteiger partial charge in [0.25, 0.3) is 11.6 Å². The molecular weight excluding hydrogens is 753 g/mol. The third kappa shape index (κ3) is 6.78. The lowest BCUT2D eigenvalue weighted by atomic mass is 9.82. The highest BCUT2D eigenvalue weighted by Crippen LogP contribution is 2.60. The molecule has 2 amide bonds. The number of nitrogens with zero attached hydrogens (tertiary/aromatic N) is 6. The van der Waals surface area contributed by atoms with E-state index in [1.165, 1.54) is 17.3 Å². The Morgan fingerprint density at radius 3 is 2.50 bits per heavy atom. The molecule has 1 N–H and O–H groups in total. The average Bonchev–Trinajstić information content (AvgIpc) is 4.01. The summed E-state index contributed by atoms with van der Waals surface area (Å²) in [7, 11) is -0.877. The molecule has 14 heteroatoms. The lowest BCUT2D eigenvalue weighted by molar-refractivity contribution is -0.385. The molecule has 5 aromatic rings. The van der Waals surface area contributed by atoms with Crippen molar-refractivity contribution in [2.75, 3.05) is 30.1 Å². The number of rotatable bonds is 13. The van der Waals surface area contributed by atoms with E-state index in [0.717, 1.165) is 29.0 Å². The van der Waals surface area contributed by atoms with E-state index in [1.807, 2.05) is 72.9 Å². The number of aliphatic hydroxyl groups is 1. The topological polar surface area (TPSA) is 153 Å². The number of nitro benzene ring substituents is 1. The van der Waals surface area contributed by atoms with Crippen LogP contribution in [0.25, 0.3) is 0 Å². The number of benzene rings is 4. The fourth-order valence-electron chi connectivity index (χ4n) is 9.67. The van der Waals surface area contributed by atoms with Crippen LogP contribution in [0.15, 0.2) is 103 Å². The predicted octanol–water partition coefficient (Wildman–Crippen LogP) is 6.30. The van der Waals surface area contributed by atoms with Gasteiger partial charge in [-0.15, -0.1) is 5.10 Å². The number of aliphatic hydroxyl groups excluding tert-OH is 1. The zero-order valence-electron chi connectivity index (χ0n) is 33.2. The Kier molecular flexibility index (Phi) is 10.5. The van der Waals surface area contributed by atoms with Gasteiger partial charge in [0.2, 0.25) is 5.91 Å². The quantitative estimate of drug-likeness (QED) is 0.0822. The fourth-order valence-corrected chi connectivity index (χ4v) is 13.7. The third-order valence-corrected chi connectivity index (χ3v) is 17.0. The summed E-state index contributed by atoms with van der Waals surface area (Å²) in [6.07, 6.45) is 3.21. The Hall–Kier alpha value is -5.70. The van der Waals surface area contributed by atoms with Gasteiger partial charge in [-0.05, 0) is 59.8 Å². The minimum absolute atomic E-state index is 0.0754. The van der Waals surface area contributed by atoms with Crippen LogP contribution < -0.4 is 19.7 Å². The van der Waals surface area contributed by atoms with Crippen molar-refractivity contribution in [1.82, 2.24) is 15.0 Å². The molecule has 0 radical (unpaired) electrons. The number of nitro groups is 1. The van der Waals surface area contributed by atoms with Crippen LogP contribution in [-0.2, 0) is 33.0 Å². The van der Waals surface area contributed by atoms with Gasteiger partial charge in [0, 0.05) is 55.0 Å². The summed E-state index contributed by atoms with van der Waals surface area (Å²) in [5, 5.41) is 32.6. The van der Waals surface area contributed by atoms with Crippen molar-refractivity contribution in [2.45, 2.75) is 75.5 Å². The molecule has 3 aliphatic rings. The fraction of sp³-hybridized carbons (Fsp3) is 0.364. The average molecular weight is 801 g/mol. The van der Waals surface area contributed by atoms with Crippen LogP contribution in [-0.4, -0.2) is 71.3 Å². The molecule has 2 fully saturated rings. The van der Waals surface area contributed by atoms with Crippen molar-refractivity contribution >= 4 is 42.1 Å². The molecular formula is C44H48N6O7Si. The second kappa shape index (κ2) is 15.6. The molecule has 8 rings (SSSR count). The summed E-state index contributed by atoms with van der Waals surface area (Å²) in [6, 6.07) is 30.1. The Labute approximate surface area is 338 Å². The maximum absolute atomic E-state index is 15.3. The predicted molar refractivity (Wildman–Crippen MR) is 222 cm³/mol. The Morgan fingerprint density at radius 1 is 1.03 bits per heavy atom. The van der Waals surface area contributed by atoms with Crippen LogP contribution in [0.3, 0.4) is 0 Å². The summed E-state index contributed by atoms with van der Waals surface area (Å²) >= 11 is 0. The number of non-ortho nitro benzene ring substituents is 1. The van der Waals surface area contributed by atoms with E-state index >= 15 is 4.79 Å². The largest absolute Gasteiger partial charge is 0.497 e. The first-order chi connectivity index (χ1) is 28.0. The first-order valence-corrected chi connectivity index (χ1v) is 22.9. The molecule has 0 bridgehead atoms. The van der Waals surface area contributed by atoms with E-state index in [9.17, 15) is 20.0 Å². The van der Waals surface area contributed by atoms with E-state index in [4.69, 9.17) is 9.47 Å². The van der Waals surface area contributed by atoms with Gasteiger partial charge in [-0.2, -0.15) is 0 Å². The monoisotopic (exact) mass is 800 g/mol. The van der Waals surface area contributed by atoms with Gasteiger partial charge in [-0.25, -0.2) is 0 Å². The first kappa shape index (κ1) is 39.1. The Morgan fingerprint density at radius 2 is 1.81 bits per heavy atom. The van der Waals surface area contributed by atoms with Crippen molar-refractivity contribution in [2.24, 2.45) is 5.92 Å². The molecule has 4 aromatic carbocycles. The van der Waals surface area contributed by atoms with Crippen LogP contribution >= 0.6 is 0 Å². The highest BCUT2D eigenvalue weighted by Gasteiger charge is 2.66. The van der Waals surface area contributed by atoms with Crippen LogP contribution in [0.5, 0.6) is 5.75 Å². The zero-order valence-corrected chi connectivity index (χ0v) is 34.2. The number of carbonyl (C=O) groups is 2. The van der Waals surface area contributed by atoms with E-state index in [1.54, 1.807) is 27.7 Å². The van der Waals surface area contributed by atoms with Gasteiger partial charge in [-0.3, -0.25) is 24.4 Å². The van der Waals surface area contributed by atoms with Gasteiger partial charge in [0.15, 0.2) is 5.60 Å². The van der Waals surface area contributed by atoms with Crippen LogP contribution in [0.1, 0.15) is 54.5 Å². The first-order valence-electron chi connectivity index (χ1n) is 19.8. The van der Waals surface area contributed by atoms with Gasteiger partial charge >= 0.3 is 0 Å². The number of anilines is 2. The van der Waals surface area contributed by atoms with Gasteiger partial charge in [0.05, 0.1) is 56.7 Å². The second-order valence-electron chi connectivity index (χ2n) is 16.2. The highest BCUT2D eigenvalue weighted by molar-refractivity contribution is 6.91. The molecule has 2 saturated heterocycles. The van der Waals surface area contributed by atoms with E-state index in [-0.39, 0.29) is 48.0 Å². The molecule has 300 valence electrons. The van der Waals surface area contributed by atoms with E-state index in [0.29, 0.717) is 42.9 Å². The Balaban J connectivity index is 1.17. The molecule has 4 heterocycles. The van der Waals surface area contributed by atoms with Gasteiger partial charge in [-0.1, -0.05) is 85.0 Å². The SMILES string of the molecule is COc1ccc([Si](C)(C)[C@@H]2[C@@H](CCn3cc(C(CO)c4ccccc4)nn3)O[C@]3(C(=O)N(Cc4cccc(N5CCCC5=O)c4)c4ccc([N+](=O)[O-])cc43)[C@H]2C)cc1. The third-order valence-electron chi connectivity index (χ3n) is 12.6. The standard InChI is InChI=1S/C44H48N6O7Si/c1-29-42(58(3,4)35-18-16-34(56-2)17-19-35)40(21-23-47-27-38(45-46-47)36(28-51)31-11-6-5-7-12-31)57-44(29)37-25-33(50(54)55)15-20-39(37)49(43(44)53)26-30-10-8-13-32(24-30)48-22-9-14-41(48)52/h5-8,10-13,15-20,24-25,27,29,36,40,42,51H,9,14,21-23,26,28H2,1-4H3/t29-,36?,40+,42-,44+/m0/s1. The number of carbonyl (C=O) groups excluding carboxylic acids is 2. The molecule has 1 unspecified atom stereocenters. The number of aryl methyl sites for hydroxylation is 1. The van der Waals surface area contributed by atoms with Crippen molar-refractivity contribution in [3.8, 4) is 5.75 Å². The Bertz CT molecular complexity index is 2340. The lowest BCUT2D eigenvalue weighted by Gasteiger charge is -2.37. The van der Waals surface area contributed by atoms with Gasteiger partial charge < -0.3 is 24.4 Å². The van der Waals surface area contributed by atoms with Crippen molar-refractivity contribution < 1.29 is 29.1 Å². The molecule has 1 aromatic heterocycles. The molecule has 13 nitrogen and oxygen atoms in total. The maximum Gasteiger partial charge on any atom is 0.269 e. The summed E-state index contributed by atoms with van der Waals surface area (Å²) in [5.41, 5.74) is 2.54. The number of hydrogen-bond donors (Lipinski definition) is 1. The summed E-state index contributed by atoms with van der Waals surface area (Å²) in [4.78, 5) is 43.3. The maximum atomic E-state index is 15.3. The molecule has 58 heavy (non-hydrogen) atoms. The second-order valence-corrected chi connectivity index (χ2v) is 20.9. The summed E-state index contributed by atoms with van der Waals surface area (Å²) in [5.74, 6) is -0.150. The highest BCUT2D eigenvalue weighted by atomic mass is 28.3. The molecule has 5 atom stereocenters. The molecule has 3 aliphatic heterocycles. The van der Waals surface area contributed by atoms with Crippen molar-refractivity contribution in [1.29, 1.82) is 0 Å². The van der Waals surface area contributed by atoms with Crippen LogP contribution in [0, 0.1) is 16.0 Å². The molecule has 0 aliphatic carbocycles. The zero-order chi connectivity index (χ0) is 40.8. The van der Waals surface area contributed by atoms with E-state index in [2.05, 4.69) is 42.5 Å². The number of ether oxygens (including phenoxy) is 2. The van der Waals surface area contributed by atoms with Gasteiger partial charge in [0.1, 0.15) is 5.75 Å². The van der Waals surface area contributed by atoms with Crippen LogP contribution in [0.4, 0.5) is 17.1 Å².